The maximum atomic E-state index is 12.4. The minimum atomic E-state index is -0.267. The molecule has 1 N–H and O–H groups in total. The van der Waals surface area contributed by atoms with Crippen LogP contribution in [0.25, 0.3) is 0 Å². The number of carbonyl (C=O) groups is 2. The Morgan fingerprint density at radius 2 is 1.84 bits per heavy atom. The second-order valence-corrected chi connectivity index (χ2v) is 6.69. The highest BCUT2D eigenvalue weighted by Crippen LogP contribution is 2.29. The van der Waals surface area contributed by atoms with Crippen molar-refractivity contribution in [3.05, 3.63) is 69.2 Å². The Kier molecular flexibility index (Phi) is 6.45. The Bertz CT molecular complexity index is 793. The fourth-order valence-corrected chi connectivity index (χ4v) is 3.03. The molecule has 0 aliphatic carbocycles. The van der Waals surface area contributed by atoms with Crippen LogP contribution in [0.2, 0.25) is 10.0 Å². The molecule has 0 saturated heterocycles. The molecular weight excluding hydrogens is 359 g/mol. The second kappa shape index (κ2) is 8.37. The lowest BCUT2D eigenvalue weighted by atomic mass is 10.1. The van der Waals surface area contributed by atoms with E-state index < -0.39 is 0 Å². The first-order valence-electron chi connectivity index (χ1n) is 7.85. The van der Waals surface area contributed by atoms with Gasteiger partial charge in [-0.25, -0.2) is 0 Å². The highest BCUT2D eigenvalue weighted by Gasteiger charge is 2.20. The van der Waals surface area contributed by atoms with Crippen LogP contribution in [0.4, 0.5) is 0 Å². The summed E-state index contributed by atoms with van der Waals surface area (Å²) >= 11 is 12.1. The molecule has 1 unspecified atom stereocenters. The molecule has 0 radical (unpaired) electrons. The monoisotopic (exact) mass is 378 g/mol. The van der Waals surface area contributed by atoms with E-state index in [9.17, 15) is 9.59 Å². The van der Waals surface area contributed by atoms with E-state index in [0.717, 1.165) is 11.1 Å². The maximum absolute atomic E-state index is 12.4. The number of nitrogens with one attached hydrogen (secondary N) is 1. The van der Waals surface area contributed by atoms with Gasteiger partial charge in [0.2, 0.25) is 5.91 Å². The molecule has 2 aromatic rings. The number of amides is 2. The van der Waals surface area contributed by atoms with Gasteiger partial charge in [0.1, 0.15) is 0 Å². The number of carbonyl (C=O) groups excluding carboxylic acids is 2. The van der Waals surface area contributed by atoms with Crippen molar-refractivity contribution in [2.75, 3.05) is 13.6 Å². The third-order valence-electron chi connectivity index (χ3n) is 4.18. The fourth-order valence-electron chi connectivity index (χ4n) is 2.47. The summed E-state index contributed by atoms with van der Waals surface area (Å²) in [6, 6.07) is 12.2. The molecule has 0 heterocycles. The lowest BCUT2D eigenvalue weighted by molar-refractivity contribution is -0.130. The van der Waals surface area contributed by atoms with Crippen molar-refractivity contribution in [2.45, 2.75) is 19.9 Å². The van der Waals surface area contributed by atoms with Crippen molar-refractivity contribution < 1.29 is 9.59 Å². The van der Waals surface area contributed by atoms with Crippen LogP contribution in [0.5, 0.6) is 0 Å². The predicted molar refractivity (Wildman–Crippen MR) is 101 cm³/mol. The van der Waals surface area contributed by atoms with Gasteiger partial charge in [0.05, 0.1) is 12.6 Å². The van der Waals surface area contributed by atoms with Crippen molar-refractivity contribution in [2.24, 2.45) is 0 Å². The molecule has 25 heavy (non-hydrogen) atoms. The van der Waals surface area contributed by atoms with Gasteiger partial charge in [0.25, 0.3) is 5.91 Å². The molecule has 2 amide bonds. The molecule has 0 saturated carbocycles. The van der Waals surface area contributed by atoms with E-state index in [4.69, 9.17) is 23.2 Å². The van der Waals surface area contributed by atoms with Gasteiger partial charge in [-0.2, -0.15) is 0 Å². The van der Waals surface area contributed by atoms with Crippen molar-refractivity contribution in [1.82, 2.24) is 10.2 Å². The summed E-state index contributed by atoms with van der Waals surface area (Å²) < 4.78 is 0. The van der Waals surface area contributed by atoms with Crippen molar-refractivity contribution in [3.63, 3.8) is 0 Å². The van der Waals surface area contributed by atoms with Gasteiger partial charge >= 0.3 is 0 Å². The van der Waals surface area contributed by atoms with E-state index in [1.54, 1.807) is 42.3 Å². The summed E-state index contributed by atoms with van der Waals surface area (Å²) in [5.41, 5.74) is 2.22. The highest BCUT2D eigenvalue weighted by molar-refractivity contribution is 6.35. The van der Waals surface area contributed by atoms with E-state index in [0.29, 0.717) is 15.6 Å². The molecule has 0 bridgehead atoms. The summed E-state index contributed by atoms with van der Waals surface area (Å²) in [7, 11) is 1.68. The number of benzene rings is 2. The van der Waals surface area contributed by atoms with Crippen LogP contribution in [0, 0.1) is 6.92 Å². The zero-order chi connectivity index (χ0) is 18.6. The molecule has 1 atom stereocenters. The third kappa shape index (κ3) is 4.74. The average Bonchev–Trinajstić information content (AvgIpc) is 2.58. The molecule has 4 nitrogen and oxygen atoms in total. The van der Waals surface area contributed by atoms with E-state index in [2.05, 4.69) is 5.32 Å². The number of likely N-dealkylation sites (N-methyl/N-ethyl adjacent to an activating group) is 1. The molecular formula is C19H20Cl2N2O2. The number of aryl methyl sites for hydroxylation is 1. The van der Waals surface area contributed by atoms with Crippen LogP contribution in [-0.2, 0) is 4.79 Å². The Balaban J connectivity index is 2.00. The summed E-state index contributed by atoms with van der Waals surface area (Å²) in [6.07, 6.45) is 0. The van der Waals surface area contributed by atoms with Crippen LogP contribution in [0.3, 0.4) is 0 Å². The topological polar surface area (TPSA) is 49.4 Å². The van der Waals surface area contributed by atoms with Crippen molar-refractivity contribution in [3.8, 4) is 0 Å². The summed E-state index contributed by atoms with van der Waals surface area (Å²) in [5.74, 6) is -0.475. The number of nitrogens with zero attached hydrogens (tertiary/aromatic N) is 1. The molecule has 2 rings (SSSR count). The minimum absolute atomic E-state index is 0.0841. The van der Waals surface area contributed by atoms with E-state index in [1.165, 1.54) is 0 Å². The van der Waals surface area contributed by atoms with Gasteiger partial charge in [0, 0.05) is 22.7 Å². The molecule has 0 aromatic heterocycles. The number of rotatable bonds is 5. The minimum Gasteiger partial charge on any atom is -0.343 e. The van der Waals surface area contributed by atoms with Crippen molar-refractivity contribution in [1.29, 1.82) is 0 Å². The van der Waals surface area contributed by atoms with E-state index in [1.807, 2.05) is 26.0 Å². The first kappa shape index (κ1) is 19.3. The van der Waals surface area contributed by atoms with Gasteiger partial charge in [0.15, 0.2) is 0 Å². The number of hydrogen-bond acceptors (Lipinski definition) is 2. The quantitative estimate of drug-likeness (QED) is 0.844. The molecule has 0 aliphatic rings. The molecule has 2 aromatic carbocycles. The Morgan fingerprint density at radius 1 is 1.16 bits per heavy atom. The van der Waals surface area contributed by atoms with Gasteiger partial charge in [-0.05, 0) is 43.2 Å². The summed E-state index contributed by atoms with van der Waals surface area (Å²) in [6.45, 7) is 3.64. The van der Waals surface area contributed by atoms with Crippen LogP contribution >= 0.6 is 23.2 Å². The first-order valence-corrected chi connectivity index (χ1v) is 8.61. The molecule has 0 aliphatic heterocycles. The van der Waals surface area contributed by atoms with Crippen LogP contribution in [0.1, 0.15) is 34.5 Å². The maximum Gasteiger partial charge on any atom is 0.251 e. The summed E-state index contributed by atoms with van der Waals surface area (Å²) in [5, 5.41) is 3.71. The largest absolute Gasteiger partial charge is 0.343 e. The first-order chi connectivity index (χ1) is 11.8. The lowest BCUT2D eigenvalue weighted by Gasteiger charge is -2.26. The smallest absolute Gasteiger partial charge is 0.251 e. The molecule has 0 spiro atoms. The van der Waals surface area contributed by atoms with Crippen molar-refractivity contribution >= 4 is 35.0 Å². The highest BCUT2D eigenvalue weighted by atomic mass is 35.5. The third-order valence-corrected chi connectivity index (χ3v) is 4.74. The predicted octanol–water partition coefficient (Wildman–Crippen LogP) is 4.25. The van der Waals surface area contributed by atoms with Gasteiger partial charge in [-0.3, -0.25) is 9.59 Å². The van der Waals surface area contributed by atoms with Gasteiger partial charge in [-0.15, -0.1) is 0 Å². The van der Waals surface area contributed by atoms with Crippen LogP contribution in [-0.4, -0.2) is 30.3 Å². The Hall–Kier alpha value is -2.04. The van der Waals surface area contributed by atoms with Crippen LogP contribution < -0.4 is 5.32 Å². The van der Waals surface area contributed by atoms with Crippen LogP contribution in [0.15, 0.2) is 42.5 Å². The lowest BCUT2D eigenvalue weighted by Crippen LogP contribution is -2.39. The molecule has 6 heteroatoms. The van der Waals surface area contributed by atoms with Gasteiger partial charge < -0.3 is 10.2 Å². The zero-order valence-electron chi connectivity index (χ0n) is 14.3. The Morgan fingerprint density at radius 3 is 2.48 bits per heavy atom. The van der Waals surface area contributed by atoms with E-state index >= 15 is 0 Å². The molecule has 132 valence electrons. The fraction of sp³-hybridized carbons (Fsp3) is 0.263. The van der Waals surface area contributed by atoms with E-state index in [-0.39, 0.29) is 24.4 Å². The molecule has 0 fully saturated rings. The average molecular weight is 379 g/mol. The number of halogens is 2. The Labute approximate surface area is 157 Å². The van der Waals surface area contributed by atoms with Gasteiger partial charge in [-0.1, -0.05) is 47.5 Å². The normalized spacial score (nSPS) is 11.7. The second-order valence-electron chi connectivity index (χ2n) is 5.84. The SMILES string of the molecule is Cc1ccccc1C(=O)NCC(=O)N(C)C(C)c1ccc(Cl)cc1Cl. The summed E-state index contributed by atoms with van der Waals surface area (Å²) in [4.78, 5) is 26.2. The number of hydrogen-bond donors (Lipinski definition) is 1. The standard InChI is InChI=1S/C19H20Cl2N2O2/c1-12-6-4-5-7-15(12)19(25)22-11-18(24)23(3)13(2)16-9-8-14(20)10-17(16)21/h4-10,13H,11H2,1-3H3,(H,22,25). The zero-order valence-corrected chi connectivity index (χ0v) is 15.9.